The molecule has 3 aromatic rings. The average Bonchev–Trinajstić information content (AvgIpc) is 3.24. The van der Waals surface area contributed by atoms with E-state index in [2.05, 4.69) is 15.9 Å². The molecule has 156 valence electrons. The van der Waals surface area contributed by atoms with E-state index < -0.39 is 11.2 Å². The van der Waals surface area contributed by atoms with Crippen molar-refractivity contribution in [2.75, 3.05) is 7.11 Å². The van der Waals surface area contributed by atoms with E-state index in [1.165, 1.54) is 6.07 Å². The highest BCUT2D eigenvalue weighted by molar-refractivity contribution is 9.10. The molecule has 2 atom stereocenters. The molecular formula is C23H18BrN3O4. The lowest BCUT2D eigenvalue weighted by Crippen LogP contribution is -2.33. The summed E-state index contributed by atoms with van der Waals surface area (Å²) >= 11 is 3.55. The van der Waals surface area contributed by atoms with Crippen molar-refractivity contribution in [1.82, 2.24) is 5.01 Å². The minimum atomic E-state index is -0.561. The molecule has 0 N–H and O–H groups in total. The molecule has 31 heavy (non-hydrogen) atoms. The number of rotatable bonds is 4. The van der Waals surface area contributed by atoms with Gasteiger partial charge in [-0.3, -0.25) is 10.1 Å². The maximum atomic E-state index is 11.3. The summed E-state index contributed by atoms with van der Waals surface area (Å²) in [5.74, 6) is 1.54. The first-order valence-corrected chi connectivity index (χ1v) is 10.5. The third kappa shape index (κ3) is 3.53. The maximum absolute atomic E-state index is 11.3. The number of hydrogen-bond acceptors (Lipinski definition) is 6. The summed E-state index contributed by atoms with van der Waals surface area (Å²) in [5, 5.41) is 18.1. The van der Waals surface area contributed by atoms with Crippen LogP contribution >= 0.6 is 15.9 Å². The van der Waals surface area contributed by atoms with Crippen molar-refractivity contribution in [3.8, 4) is 11.5 Å². The lowest BCUT2D eigenvalue weighted by atomic mass is 9.96. The monoisotopic (exact) mass is 479 g/mol. The molecule has 0 radical (unpaired) electrons. The topological polar surface area (TPSA) is 77.2 Å². The molecule has 0 spiro atoms. The number of halogens is 1. The Labute approximate surface area is 187 Å². The molecule has 0 unspecified atom stereocenters. The van der Waals surface area contributed by atoms with Crippen LogP contribution in [-0.4, -0.2) is 22.8 Å². The summed E-state index contributed by atoms with van der Waals surface area (Å²) in [4.78, 5) is 10.9. The number of non-ortho nitro benzene ring substituents is 1. The molecule has 0 amide bonds. The summed E-state index contributed by atoms with van der Waals surface area (Å²) in [6.07, 6.45) is 0.138. The lowest BCUT2D eigenvalue weighted by molar-refractivity contribution is -0.385. The molecule has 3 aromatic carbocycles. The largest absolute Gasteiger partial charge is 0.497 e. The van der Waals surface area contributed by atoms with Crippen LogP contribution in [0.1, 0.15) is 35.4 Å². The van der Waals surface area contributed by atoms with E-state index in [1.807, 2.05) is 53.5 Å². The van der Waals surface area contributed by atoms with Crippen LogP contribution < -0.4 is 9.47 Å². The average molecular weight is 480 g/mol. The Bertz CT molecular complexity index is 1200. The summed E-state index contributed by atoms with van der Waals surface area (Å²) < 4.78 is 12.5. The van der Waals surface area contributed by atoms with Crippen molar-refractivity contribution in [3.63, 3.8) is 0 Å². The molecule has 2 heterocycles. The van der Waals surface area contributed by atoms with Crippen molar-refractivity contribution >= 4 is 27.3 Å². The van der Waals surface area contributed by atoms with Gasteiger partial charge in [0.25, 0.3) is 5.69 Å². The third-order valence-corrected chi connectivity index (χ3v) is 6.03. The molecule has 5 rings (SSSR count). The molecule has 2 aliphatic heterocycles. The van der Waals surface area contributed by atoms with Crippen molar-refractivity contribution in [2.24, 2.45) is 5.10 Å². The van der Waals surface area contributed by atoms with Gasteiger partial charge < -0.3 is 9.47 Å². The second kappa shape index (κ2) is 7.70. The van der Waals surface area contributed by atoms with Crippen LogP contribution in [0.5, 0.6) is 11.5 Å². The second-order valence-electron chi connectivity index (χ2n) is 7.38. The number of methoxy groups -OCH3 is 1. The number of hydrogen-bond donors (Lipinski definition) is 0. The number of benzene rings is 3. The third-order valence-electron chi connectivity index (χ3n) is 5.54. The Balaban J connectivity index is 1.58. The molecule has 0 aromatic heterocycles. The highest BCUT2D eigenvalue weighted by atomic mass is 79.9. The minimum Gasteiger partial charge on any atom is -0.497 e. The molecule has 2 aliphatic rings. The van der Waals surface area contributed by atoms with Gasteiger partial charge in [0.1, 0.15) is 11.5 Å². The molecular weight excluding hydrogens is 462 g/mol. The zero-order chi connectivity index (χ0) is 21.5. The van der Waals surface area contributed by atoms with E-state index in [0.29, 0.717) is 12.0 Å². The summed E-state index contributed by atoms with van der Waals surface area (Å²) in [6.45, 7) is 0. The van der Waals surface area contributed by atoms with Crippen molar-refractivity contribution in [3.05, 3.63) is 98.0 Å². The smallest absolute Gasteiger partial charge is 0.269 e. The van der Waals surface area contributed by atoms with Gasteiger partial charge in [0.2, 0.25) is 6.23 Å². The number of nitro groups is 1. The predicted octanol–water partition coefficient (Wildman–Crippen LogP) is 5.61. The molecule has 0 saturated heterocycles. The minimum absolute atomic E-state index is 0.0257. The van der Waals surface area contributed by atoms with Crippen LogP contribution in [0.3, 0.4) is 0 Å². The SMILES string of the molecule is COc1ccc(C2=NN3[C@@H](c4cccc([N+](=O)[O-])c4)Oc4ccc(Br)cc4[C@@H]3C2)cc1. The maximum Gasteiger partial charge on any atom is 0.269 e. The fourth-order valence-electron chi connectivity index (χ4n) is 4.03. The molecule has 0 bridgehead atoms. The van der Waals surface area contributed by atoms with Gasteiger partial charge in [-0.2, -0.15) is 5.10 Å². The lowest BCUT2D eigenvalue weighted by Gasteiger charge is -2.38. The van der Waals surface area contributed by atoms with E-state index in [9.17, 15) is 10.1 Å². The fourth-order valence-corrected chi connectivity index (χ4v) is 4.41. The van der Waals surface area contributed by atoms with Crippen molar-refractivity contribution < 1.29 is 14.4 Å². The van der Waals surface area contributed by atoms with E-state index in [1.54, 1.807) is 19.2 Å². The Morgan fingerprint density at radius 1 is 1.16 bits per heavy atom. The van der Waals surface area contributed by atoms with Gasteiger partial charge in [-0.15, -0.1) is 0 Å². The van der Waals surface area contributed by atoms with Crippen LogP contribution in [0.2, 0.25) is 0 Å². The Kier molecular flexibility index (Phi) is 4.86. The number of ether oxygens (including phenoxy) is 2. The van der Waals surface area contributed by atoms with E-state index in [0.717, 1.165) is 32.8 Å². The van der Waals surface area contributed by atoms with Crippen molar-refractivity contribution in [1.29, 1.82) is 0 Å². The zero-order valence-electron chi connectivity index (χ0n) is 16.6. The Morgan fingerprint density at radius 2 is 1.97 bits per heavy atom. The normalized spacial score (nSPS) is 19.2. The summed E-state index contributed by atoms with van der Waals surface area (Å²) in [5.41, 5.74) is 3.68. The van der Waals surface area contributed by atoms with Gasteiger partial charge in [-0.05, 0) is 48.0 Å². The van der Waals surface area contributed by atoms with Crippen LogP contribution in [0.25, 0.3) is 0 Å². The van der Waals surface area contributed by atoms with Crippen LogP contribution in [0.4, 0.5) is 5.69 Å². The Morgan fingerprint density at radius 3 is 2.71 bits per heavy atom. The number of nitrogens with zero attached hydrogens (tertiary/aromatic N) is 3. The van der Waals surface area contributed by atoms with Gasteiger partial charge >= 0.3 is 0 Å². The second-order valence-corrected chi connectivity index (χ2v) is 8.30. The van der Waals surface area contributed by atoms with Gasteiger partial charge in [0.15, 0.2) is 0 Å². The van der Waals surface area contributed by atoms with Crippen LogP contribution in [-0.2, 0) is 0 Å². The van der Waals surface area contributed by atoms with Gasteiger partial charge in [0, 0.05) is 34.2 Å². The molecule has 8 heteroatoms. The molecule has 0 aliphatic carbocycles. The van der Waals surface area contributed by atoms with Gasteiger partial charge in [-0.25, -0.2) is 5.01 Å². The predicted molar refractivity (Wildman–Crippen MR) is 119 cm³/mol. The summed E-state index contributed by atoms with van der Waals surface area (Å²) in [7, 11) is 1.64. The first kappa shape index (κ1) is 19.6. The standard InChI is InChI=1S/C23H18BrN3O4/c1-30-18-8-5-14(6-9-18)20-13-21-19-12-16(24)7-10-22(19)31-23(26(21)25-20)15-3-2-4-17(11-15)27(28)29/h2-12,21,23H,13H2,1H3/t21-,23+/m0/s1. The molecule has 7 nitrogen and oxygen atoms in total. The van der Waals surface area contributed by atoms with E-state index in [4.69, 9.17) is 14.6 Å². The van der Waals surface area contributed by atoms with Crippen LogP contribution in [0.15, 0.2) is 76.3 Å². The van der Waals surface area contributed by atoms with Gasteiger partial charge in [-0.1, -0.05) is 28.1 Å². The zero-order valence-corrected chi connectivity index (χ0v) is 18.2. The first-order valence-electron chi connectivity index (χ1n) is 9.74. The first-order chi connectivity index (χ1) is 15.0. The fraction of sp³-hybridized carbons (Fsp3) is 0.174. The number of nitro benzene ring substituents is 1. The Hall–Kier alpha value is -3.39. The number of hydrazone groups is 1. The van der Waals surface area contributed by atoms with Crippen LogP contribution in [0, 0.1) is 10.1 Å². The van der Waals surface area contributed by atoms with Gasteiger partial charge in [0.05, 0.1) is 23.8 Å². The van der Waals surface area contributed by atoms with E-state index in [-0.39, 0.29) is 11.7 Å². The van der Waals surface area contributed by atoms with E-state index >= 15 is 0 Å². The number of fused-ring (bicyclic) bond motifs is 3. The molecule has 0 saturated carbocycles. The quantitative estimate of drug-likeness (QED) is 0.359. The summed E-state index contributed by atoms with van der Waals surface area (Å²) in [6, 6.07) is 20.2. The highest BCUT2D eigenvalue weighted by Crippen LogP contribution is 2.48. The molecule has 0 fully saturated rings. The highest BCUT2D eigenvalue weighted by Gasteiger charge is 2.41. The van der Waals surface area contributed by atoms with Crippen molar-refractivity contribution in [2.45, 2.75) is 18.7 Å².